The number of nitrogens with one attached hydrogen (secondary N) is 5. The Labute approximate surface area is 245 Å². The molecule has 3 heterocycles. The zero-order chi connectivity index (χ0) is 29.9. The lowest BCUT2D eigenvalue weighted by molar-refractivity contribution is -0.109. The zero-order valence-corrected chi connectivity index (χ0v) is 25.7. The number of benzene rings is 1. The van der Waals surface area contributed by atoms with E-state index in [0.717, 1.165) is 18.7 Å². The average molecular weight is 577 g/mol. The molecule has 0 bridgehead atoms. The summed E-state index contributed by atoms with van der Waals surface area (Å²) in [5.74, 6) is 0. The van der Waals surface area contributed by atoms with Gasteiger partial charge in [0.1, 0.15) is 24.5 Å². The van der Waals surface area contributed by atoms with Crippen LogP contribution in [0.3, 0.4) is 0 Å². The number of fused-ring (bicyclic) bond motifs is 1. The molecular weight excluding hydrogens is 524 g/mol. The number of ether oxygens (including phenoxy) is 1. The van der Waals surface area contributed by atoms with Crippen LogP contribution in [-0.4, -0.2) is 127 Å². The molecule has 12 heteroatoms. The molecule has 2 amide bonds. The molecule has 3 fully saturated rings. The molecule has 12 nitrogen and oxygen atoms in total. The molecule has 0 saturated carbocycles. The van der Waals surface area contributed by atoms with E-state index in [1.807, 2.05) is 38.4 Å². The van der Waals surface area contributed by atoms with Crippen molar-refractivity contribution < 1.29 is 19.7 Å². The minimum atomic E-state index is -1.01. The second kappa shape index (κ2) is 13.6. The highest BCUT2D eigenvalue weighted by atomic mass is 16.6. The minimum absolute atomic E-state index is 0.0240. The van der Waals surface area contributed by atoms with Gasteiger partial charge in [0.15, 0.2) is 0 Å². The van der Waals surface area contributed by atoms with Gasteiger partial charge in [0.2, 0.25) is 0 Å². The van der Waals surface area contributed by atoms with Gasteiger partial charge in [-0.25, -0.2) is 9.69 Å². The number of carbonyl (C=O) groups is 1. The topological polar surface area (TPSA) is 137 Å². The number of aliphatic hydroxyl groups is 2. The lowest BCUT2D eigenvalue weighted by Gasteiger charge is -2.42. The summed E-state index contributed by atoms with van der Waals surface area (Å²) in [5.41, 5.74) is 2.04. The third kappa shape index (κ3) is 7.75. The summed E-state index contributed by atoms with van der Waals surface area (Å²) in [6.07, 6.45) is -2.26. The van der Waals surface area contributed by atoms with Crippen LogP contribution >= 0.6 is 0 Å². The fourth-order valence-electron chi connectivity index (χ4n) is 5.96. The van der Waals surface area contributed by atoms with Crippen molar-refractivity contribution in [1.29, 1.82) is 0 Å². The molecule has 7 N–H and O–H groups in total. The highest BCUT2D eigenvalue weighted by Gasteiger charge is 2.52. The first kappa shape index (κ1) is 32.1. The van der Waals surface area contributed by atoms with Crippen molar-refractivity contribution >= 4 is 11.7 Å². The number of anilines is 1. The van der Waals surface area contributed by atoms with Crippen molar-refractivity contribution in [3.63, 3.8) is 0 Å². The molecule has 4 rings (SSSR count). The summed E-state index contributed by atoms with van der Waals surface area (Å²) in [6, 6.07) is 8.03. The maximum Gasteiger partial charge on any atom is 0.319 e. The maximum absolute atomic E-state index is 12.4. The zero-order valence-electron chi connectivity index (χ0n) is 25.7. The Kier molecular flexibility index (Phi) is 10.6. The van der Waals surface area contributed by atoms with Gasteiger partial charge in [0.05, 0.1) is 25.0 Å². The molecule has 3 saturated heterocycles. The van der Waals surface area contributed by atoms with Crippen LogP contribution in [0.4, 0.5) is 10.5 Å². The van der Waals surface area contributed by atoms with Crippen LogP contribution < -0.4 is 26.6 Å². The SMILES string of the molecule is CC(C)N(CCCNC(=O)Nc1ccc(C(C)(C)C)cc1)C[C@H]1O[C@@H](N2CNC3C(N(C)C)NCNC32)[C@H](O)[C@H]1O. The van der Waals surface area contributed by atoms with E-state index in [0.29, 0.717) is 26.4 Å². The number of nitrogens with zero attached hydrogens (tertiary/aromatic N) is 3. The Bertz CT molecular complexity index is 988. The normalized spacial score (nSPS) is 30.8. The molecule has 232 valence electrons. The van der Waals surface area contributed by atoms with E-state index in [9.17, 15) is 15.0 Å². The summed E-state index contributed by atoms with van der Waals surface area (Å²) in [7, 11) is 4.08. The van der Waals surface area contributed by atoms with Crippen LogP contribution in [-0.2, 0) is 10.2 Å². The van der Waals surface area contributed by atoms with E-state index in [-0.39, 0.29) is 35.9 Å². The molecule has 0 spiro atoms. The maximum atomic E-state index is 12.4. The highest BCUT2D eigenvalue weighted by molar-refractivity contribution is 5.89. The molecular formula is C29H52N8O4. The van der Waals surface area contributed by atoms with Gasteiger partial charge >= 0.3 is 6.03 Å². The predicted molar refractivity (Wildman–Crippen MR) is 160 cm³/mol. The third-order valence-corrected chi connectivity index (χ3v) is 8.45. The number of carbonyl (C=O) groups excluding carboxylic acids is 1. The van der Waals surface area contributed by atoms with Crippen molar-refractivity contribution in [2.75, 3.05) is 52.4 Å². The average Bonchev–Trinajstić information content (AvgIpc) is 3.46. The molecule has 1 aromatic carbocycles. The number of rotatable bonds is 10. The summed E-state index contributed by atoms with van der Waals surface area (Å²) < 4.78 is 6.33. The second-order valence-electron chi connectivity index (χ2n) is 13.0. The third-order valence-electron chi connectivity index (χ3n) is 8.45. The van der Waals surface area contributed by atoms with Crippen molar-refractivity contribution in [3.05, 3.63) is 29.8 Å². The van der Waals surface area contributed by atoms with Crippen LogP contribution in [0.5, 0.6) is 0 Å². The molecule has 3 aliphatic rings. The molecule has 3 unspecified atom stereocenters. The first-order valence-electron chi connectivity index (χ1n) is 14.9. The number of urea groups is 1. The van der Waals surface area contributed by atoms with E-state index < -0.39 is 24.5 Å². The number of amides is 2. The van der Waals surface area contributed by atoms with Crippen molar-refractivity contribution in [1.82, 2.24) is 36.0 Å². The first-order valence-corrected chi connectivity index (χ1v) is 14.9. The van der Waals surface area contributed by atoms with Crippen LogP contribution in [0.25, 0.3) is 0 Å². The van der Waals surface area contributed by atoms with Gasteiger partial charge in [-0.1, -0.05) is 32.9 Å². The summed E-state index contributed by atoms with van der Waals surface area (Å²) >= 11 is 0. The predicted octanol–water partition coefficient (Wildman–Crippen LogP) is 0.248. The Hall–Kier alpha value is -1.87. The Balaban J connectivity index is 1.24. The van der Waals surface area contributed by atoms with Gasteiger partial charge in [-0.3, -0.25) is 25.8 Å². The minimum Gasteiger partial charge on any atom is -0.387 e. The molecule has 1 aromatic rings. The Morgan fingerprint density at radius 3 is 2.46 bits per heavy atom. The number of hydrogen-bond donors (Lipinski definition) is 7. The lowest BCUT2D eigenvalue weighted by Crippen LogP contribution is -2.69. The van der Waals surface area contributed by atoms with E-state index >= 15 is 0 Å². The summed E-state index contributed by atoms with van der Waals surface area (Å²) in [4.78, 5) is 18.9. The van der Waals surface area contributed by atoms with Crippen molar-refractivity contribution in [2.45, 2.75) is 95.4 Å². The fourth-order valence-corrected chi connectivity index (χ4v) is 5.96. The first-order chi connectivity index (χ1) is 19.4. The van der Waals surface area contributed by atoms with Crippen LogP contribution in [0, 0.1) is 0 Å². The van der Waals surface area contributed by atoms with Gasteiger partial charge in [-0.2, -0.15) is 0 Å². The molecule has 0 radical (unpaired) electrons. The van der Waals surface area contributed by atoms with Gasteiger partial charge < -0.3 is 25.6 Å². The van der Waals surface area contributed by atoms with Crippen molar-refractivity contribution in [2.24, 2.45) is 0 Å². The van der Waals surface area contributed by atoms with Gasteiger partial charge in [0.25, 0.3) is 0 Å². The van der Waals surface area contributed by atoms with E-state index in [2.05, 4.69) is 75.9 Å². The van der Waals surface area contributed by atoms with Crippen LogP contribution in [0.15, 0.2) is 24.3 Å². The number of aliphatic hydroxyl groups excluding tert-OH is 2. The van der Waals surface area contributed by atoms with Crippen LogP contribution in [0.2, 0.25) is 0 Å². The monoisotopic (exact) mass is 576 g/mol. The molecule has 7 atom stereocenters. The molecule has 0 aromatic heterocycles. The standard InChI is InChI=1S/C29H52N8O4/c1-18(2)36(14-8-13-30-28(40)34-20-11-9-19(10-12-20)29(3,4)5)15-21-23(38)24(39)27(41-21)37-17-33-22-25(35(6)7)31-16-32-26(22)37/h9-12,18,21-27,31-33,38-39H,8,13-17H2,1-7H3,(H2,30,34,40)/t21-,22?,23+,24-,25?,26?,27-/m1/s1. The van der Waals surface area contributed by atoms with Crippen molar-refractivity contribution in [3.8, 4) is 0 Å². The van der Waals surface area contributed by atoms with E-state index in [4.69, 9.17) is 4.74 Å². The summed E-state index contributed by atoms with van der Waals surface area (Å²) in [5, 5.41) is 38.2. The van der Waals surface area contributed by atoms with Gasteiger partial charge in [0, 0.05) is 38.0 Å². The largest absolute Gasteiger partial charge is 0.387 e. The van der Waals surface area contributed by atoms with E-state index in [1.54, 1.807) is 0 Å². The quantitative estimate of drug-likeness (QED) is 0.194. The Morgan fingerprint density at radius 2 is 1.83 bits per heavy atom. The summed E-state index contributed by atoms with van der Waals surface area (Å²) in [6.45, 7) is 13.6. The number of hydrogen-bond acceptors (Lipinski definition) is 10. The Morgan fingerprint density at radius 1 is 1.12 bits per heavy atom. The van der Waals surface area contributed by atoms with Crippen LogP contribution in [0.1, 0.15) is 46.6 Å². The van der Waals surface area contributed by atoms with Gasteiger partial charge in [-0.15, -0.1) is 0 Å². The molecule has 0 aliphatic carbocycles. The van der Waals surface area contributed by atoms with E-state index in [1.165, 1.54) is 5.56 Å². The smallest absolute Gasteiger partial charge is 0.319 e. The lowest BCUT2D eigenvalue weighted by atomic mass is 9.87. The fraction of sp³-hybridized carbons (Fsp3) is 0.759. The number of likely N-dealkylation sites (N-methyl/N-ethyl adjacent to an activating group) is 1. The highest BCUT2D eigenvalue weighted by Crippen LogP contribution is 2.30. The van der Waals surface area contributed by atoms with Gasteiger partial charge in [-0.05, 0) is 57.5 Å². The second-order valence-corrected chi connectivity index (χ2v) is 13.0. The molecule has 41 heavy (non-hydrogen) atoms. The molecule has 3 aliphatic heterocycles.